The van der Waals surface area contributed by atoms with Gasteiger partial charge in [-0.2, -0.15) is 0 Å². The zero-order valence-corrected chi connectivity index (χ0v) is 11.9. The molecule has 0 spiro atoms. The molecule has 1 aromatic heterocycles. The van der Waals surface area contributed by atoms with Crippen LogP contribution in [-0.2, 0) is 0 Å². The van der Waals surface area contributed by atoms with E-state index in [-0.39, 0.29) is 5.91 Å². The molecule has 98 valence electrons. The smallest absolute Gasteiger partial charge is 0.251 e. The van der Waals surface area contributed by atoms with Gasteiger partial charge in [-0.1, -0.05) is 6.42 Å². The second-order valence-corrected chi connectivity index (χ2v) is 5.34. The molecule has 1 amide bonds. The average Bonchev–Trinajstić information content (AvgIpc) is 2.40. The molecule has 5 heteroatoms. The number of hydrogen-bond donors (Lipinski definition) is 1. The van der Waals surface area contributed by atoms with E-state index in [9.17, 15) is 4.79 Å². The quantitative estimate of drug-likeness (QED) is 0.866. The Hall–Kier alpha value is -0.940. The summed E-state index contributed by atoms with van der Waals surface area (Å²) in [4.78, 5) is 18.3. The number of carbonyl (C=O) groups is 1. The van der Waals surface area contributed by atoms with E-state index < -0.39 is 0 Å². The van der Waals surface area contributed by atoms with Gasteiger partial charge in [-0.05, 0) is 54.0 Å². The summed E-state index contributed by atoms with van der Waals surface area (Å²) in [5.74, 6) is -0.0323. The van der Waals surface area contributed by atoms with Crippen molar-refractivity contribution in [3.63, 3.8) is 0 Å². The normalized spacial score (nSPS) is 16.5. The first-order valence-electron chi connectivity index (χ1n) is 6.38. The molecule has 0 aromatic carbocycles. The van der Waals surface area contributed by atoms with Gasteiger partial charge >= 0.3 is 0 Å². The van der Waals surface area contributed by atoms with E-state index in [4.69, 9.17) is 0 Å². The predicted octanol–water partition coefficient (Wildman–Crippen LogP) is 2.06. The molecule has 2 heterocycles. The third-order valence-electron chi connectivity index (χ3n) is 3.15. The van der Waals surface area contributed by atoms with E-state index in [0.29, 0.717) is 16.7 Å². The highest BCUT2D eigenvalue weighted by Crippen LogP contribution is 2.09. The van der Waals surface area contributed by atoms with Gasteiger partial charge in [0, 0.05) is 24.8 Å². The highest BCUT2D eigenvalue weighted by molar-refractivity contribution is 9.10. The summed E-state index contributed by atoms with van der Waals surface area (Å²) in [6, 6.07) is 3.46. The summed E-state index contributed by atoms with van der Waals surface area (Å²) in [6.07, 6.45) is 5.54. The number of pyridine rings is 1. The lowest BCUT2D eigenvalue weighted by Crippen LogP contribution is -2.37. The molecule has 0 aliphatic carbocycles. The molecule has 1 aliphatic rings. The molecule has 0 atom stereocenters. The summed E-state index contributed by atoms with van der Waals surface area (Å²) < 4.78 is 0.686. The van der Waals surface area contributed by atoms with Crippen molar-refractivity contribution in [3.05, 3.63) is 28.5 Å². The first-order chi connectivity index (χ1) is 8.75. The molecular formula is C13H18BrN3O. The van der Waals surface area contributed by atoms with Crippen LogP contribution < -0.4 is 5.32 Å². The van der Waals surface area contributed by atoms with Gasteiger partial charge in [0.1, 0.15) is 4.60 Å². The molecular weight excluding hydrogens is 294 g/mol. The number of nitrogens with one attached hydrogen (secondary N) is 1. The Balaban J connectivity index is 1.74. The highest BCUT2D eigenvalue weighted by Gasteiger charge is 2.10. The van der Waals surface area contributed by atoms with Crippen molar-refractivity contribution in [1.29, 1.82) is 0 Å². The minimum absolute atomic E-state index is 0.0323. The molecule has 0 bridgehead atoms. The van der Waals surface area contributed by atoms with Crippen LogP contribution in [0.1, 0.15) is 29.6 Å². The topological polar surface area (TPSA) is 45.2 Å². The van der Waals surface area contributed by atoms with Crippen LogP contribution in [0.2, 0.25) is 0 Å². The first kappa shape index (κ1) is 13.5. The van der Waals surface area contributed by atoms with Crippen molar-refractivity contribution in [1.82, 2.24) is 15.2 Å². The Morgan fingerprint density at radius 3 is 2.89 bits per heavy atom. The highest BCUT2D eigenvalue weighted by atomic mass is 79.9. The number of amides is 1. The molecule has 1 N–H and O–H groups in total. The third kappa shape index (κ3) is 4.07. The van der Waals surface area contributed by atoms with Gasteiger partial charge < -0.3 is 10.2 Å². The Morgan fingerprint density at radius 2 is 2.17 bits per heavy atom. The SMILES string of the molecule is O=C(NCCN1CCCCC1)c1ccnc(Br)c1. The molecule has 2 rings (SSSR count). The van der Waals surface area contributed by atoms with Gasteiger partial charge in [-0.3, -0.25) is 4.79 Å². The van der Waals surface area contributed by atoms with Crippen LogP contribution in [0.5, 0.6) is 0 Å². The van der Waals surface area contributed by atoms with Crippen LogP contribution in [0.3, 0.4) is 0 Å². The number of halogens is 1. The summed E-state index contributed by atoms with van der Waals surface area (Å²) in [7, 11) is 0. The van der Waals surface area contributed by atoms with Crippen molar-refractivity contribution < 1.29 is 4.79 Å². The minimum Gasteiger partial charge on any atom is -0.351 e. The maximum atomic E-state index is 11.9. The summed E-state index contributed by atoms with van der Waals surface area (Å²) in [6.45, 7) is 3.98. The van der Waals surface area contributed by atoms with Gasteiger partial charge in [0.05, 0.1) is 0 Å². The number of likely N-dealkylation sites (tertiary alicyclic amines) is 1. The standard InChI is InChI=1S/C13H18BrN3O/c14-12-10-11(4-5-15-12)13(18)16-6-9-17-7-2-1-3-8-17/h4-5,10H,1-3,6-9H2,(H,16,18). The van der Waals surface area contributed by atoms with Crippen molar-refractivity contribution >= 4 is 21.8 Å². The molecule has 0 saturated carbocycles. The fourth-order valence-electron chi connectivity index (χ4n) is 2.16. The molecule has 1 saturated heterocycles. The predicted molar refractivity (Wildman–Crippen MR) is 74.6 cm³/mol. The van der Waals surface area contributed by atoms with Crippen LogP contribution in [0, 0.1) is 0 Å². The van der Waals surface area contributed by atoms with E-state index >= 15 is 0 Å². The van der Waals surface area contributed by atoms with Crippen LogP contribution >= 0.6 is 15.9 Å². The van der Waals surface area contributed by atoms with E-state index in [1.807, 2.05) is 0 Å². The fourth-order valence-corrected chi connectivity index (χ4v) is 2.52. The Labute approximate surface area is 116 Å². The molecule has 1 aliphatic heterocycles. The molecule has 1 fully saturated rings. The lowest BCUT2D eigenvalue weighted by molar-refractivity contribution is 0.0946. The summed E-state index contributed by atoms with van der Waals surface area (Å²) in [5.41, 5.74) is 0.649. The number of nitrogens with zero attached hydrogens (tertiary/aromatic N) is 2. The Morgan fingerprint density at radius 1 is 1.39 bits per heavy atom. The van der Waals surface area contributed by atoms with Gasteiger partial charge in [-0.25, -0.2) is 4.98 Å². The van der Waals surface area contributed by atoms with Crippen molar-refractivity contribution in [2.45, 2.75) is 19.3 Å². The molecule has 0 unspecified atom stereocenters. The monoisotopic (exact) mass is 311 g/mol. The van der Waals surface area contributed by atoms with E-state index in [0.717, 1.165) is 19.6 Å². The lowest BCUT2D eigenvalue weighted by atomic mass is 10.1. The average molecular weight is 312 g/mol. The van der Waals surface area contributed by atoms with Gasteiger partial charge in [-0.15, -0.1) is 0 Å². The van der Waals surface area contributed by atoms with E-state index in [1.165, 1.54) is 19.3 Å². The van der Waals surface area contributed by atoms with E-state index in [1.54, 1.807) is 18.3 Å². The lowest BCUT2D eigenvalue weighted by Gasteiger charge is -2.26. The zero-order valence-electron chi connectivity index (χ0n) is 10.4. The fraction of sp³-hybridized carbons (Fsp3) is 0.538. The van der Waals surface area contributed by atoms with Crippen molar-refractivity contribution in [2.75, 3.05) is 26.2 Å². The van der Waals surface area contributed by atoms with Crippen molar-refractivity contribution in [3.8, 4) is 0 Å². The summed E-state index contributed by atoms with van der Waals surface area (Å²) >= 11 is 3.26. The van der Waals surface area contributed by atoms with E-state index in [2.05, 4.69) is 31.1 Å². The molecule has 1 aromatic rings. The van der Waals surface area contributed by atoms with Gasteiger partial charge in [0.2, 0.25) is 0 Å². The van der Waals surface area contributed by atoms with Gasteiger partial charge in [0.25, 0.3) is 5.91 Å². The number of piperidine rings is 1. The number of rotatable bonds is 4. The zero-order chi connectivity index (χ0) is 12.8. The third-order valence-corrected chi connectivity index (χ3v) is 3.58. The van der Waals surface area contributed by atoms with Crippen LogP contribution in [0.15, 0.2) is 22.9 Å². The second kappa shape index (κ2) is 6.85. The van der Waals surface area contributed by atoms with Crippen LogP contribution in [0.25, 0.3) is 0 Å². The molecule has 18 heavy (non-hydrogen) atoms. The van der Waals surface area contributed by atoms with Gasteiger partial charge in [0.15, 0.2) is 0 Å². The van der Waals surface area contributed by atoms with Crippen LogP contribution in [-0.4, -0.2) is 42.0 Å². The van der Waals surface area contributed by atoms with Crippen LogP contribution in [0.4, 0.5) is 0 Å². The summed E-state index contributed by atoms with van der Waals surface area (Å²) in [5, 5.41) is 2.94. The molecule has 4 nitrogen and oxygen atoms in total. The number of hydrogen-bond acceptors (Lipinski definition) is 3. The van der Waals surface area contributed by atoms with Crippen molar-refractivity contribution in [2.24, 2.45) is 0 Å². The largest absolute Gasteiger partial charge is 0.351 e. The minimum atomic E-state index is -0.0323. The maximum Gasteiger partial charge on any atom is 0.251 e. The maximum absolute atomic E-state index is 11.9. The first-order valence-corrected chi connectivity index (χ1v) is 7.17. The number of carbonyl (C=O) groups excluding carboxylic acids is 1. The Bertz CT molecular complexity index is 405. The Kier molecular flexibility index (Phi) is 5.13. The second-order valence-electron chi connectivity index (χ2n) is 4.53. The molecule has 0 radical (unpaired) electrons. The number of aromatic nitrogens is 1.